The molecule has 5 nitrogen and oxygen atoms in total. The number of ether oxygens (including phenoxy) is 1. The molecule has 1 aromatic heterocycles. The van der Waals surface area contributed by atoms with Crippen LogP contribution in [0.4, 0.5) is 4.79 Å². The summed E-state index contributed by atoms with van der Waals surface area (Å²) in [4.78, 5) is 11.5. The fourth-order valence-corrected chi connectivity index (χ4v) is 2.19. The summed E-state index contributed by atoms with van der Waals surface area (Å²) in [5.74, 6) is 1.10. The van der Waals surface area contributed by atoms with Gasteiger partial charge >= 0.3 is 6.09 Å². The minimum atomic E-state index is -0.805. The van der Waals surface area contributed by atoms with Crippen molar-refractivity contribution in [3.05, 3.63) is 47.2 Å². The van der Waals surface area contributed by atoms with Gasteiger partial charge in [0.15, 0.2) is 0 Å². The van der Waals surface area contributed by atoms with Crippen LogP contribution in [0.3, 0.4) is 0 Å². The Kier molecular flexibility index (Phi) is 5.91. The second-order valence-corrected chi connectivity index (χ2v) is 6.88. The van der Waals surface area contributed by atoms with Crippen molar-refractivity contribution in [3.8, 4) is 11.3 Å². The molecule has 0 radical (unpaired) electrons. The number of carbonyl (C=O) groups excluding carboxylic acids is 1. The summed E-state index contributed by atoms with van der Waals surface area (Å²) in [6, 6.07) is 10.8. The van der Waals surface area contributed by atoms with E-state index in [9.17, 15) is 9.90 Å². The topological polar surface area (TPSA) is 71.7 Å². The third-order valence-corrected chi connectivity index (χ3v) is 3.42. The van der Waals surface area contributed by atoms with Crippen LogP contribution < -0.4 is 5.32 Å². The lowest BCUT2D eigenvalue weighted by molar-refractivity contribution is 0.0515. The number of nitrogens with one attached hydrogen (secondary N) is 1. The van der Waals surface area contributed by atoms with Crippen LogP contribution in [0.1, 0.15) is 39.1 Å². The van der Waals surface area contributed by atoms with Crippen molar-refractivity contribution >= 4 is 17.7 Å². The molecule has 6 heteroatoms. The highest BCUT2D eigenvalue weighted by atomic mass is 35.5. The monoisotopic (exact) mass is 351 g/mol. The molecule has 1 amide bonds. The first-order valence-electron chi connectivity index (χ1n) is 7.75. The van der Waals surface area contributed by atoms with Gasteiger partial charge in [-0.15, -0.1) is 0 Å². The molecule has 0 unspecified atom stereocenters. The summed E-state index contributed by atoms with van der Waals surface area (Å²) in [7, 11) is 0. The molecule has 0 saturated carbocycles. The Morgan fingerprint density at radius 2 is 1.92 bits per heavy atom. The lowest BCUT2D eigenvalue weighted by Crippen LogP contribution is -2.33. The van der Waals surface area contributed by atoms with Crippen molar-refractivity contribution < 1.29 is 19.1 Å². The number of aliphatic hydroxyl groups is 1. The second-order valence-electron chi connectivity index (χ2n) is 6.44. The van der Waals surface area contributed by atoms with Gasteiger partial charge < -0.3 is 19.6 Å². The molecule has 1 heterocycles. The van der Waals surface area contributed by atoms with E-state index in [1.54, 1.807) is 45.0 Å². The highest BCUT2D eigenvalue weighted by Crippen LogP contribution is 2.27. The van der Waals surface area contributed by atoms with Crippen molar-refractivity contribution in [3.63, 3.8) is 0 Å². The van der Waals surface area contributed by atoms with Gasteiger partial charge in [0.25, 0.3) is 0 Å². The highest BCUT2D eigenvalue weighted by Gasteiger charge is 2.17. The van der Waals surface area contributed by atoms with E-state index in [4.69, 9.17) is 20.8 Å². The standard InChI is InChI=1S/C18H22ClNO4/c1-18(2,3)24-17(22)20-11-10-14(21)16-9-8-15(23-16)12-4-6-13(19)7-5-12/h4-9,14,21H,10-11H2,1-3H3,(H,20,22)/t14-/m1/s1. The number of furan rings is 1. The highest BCUT2D eigenvalue weighted by molar-refractivity contribution is 6.30. The molecule has 0 bridgehead atoms. The average Bonchev–Trinajstić information content (AvgIpc) is 2.96. The minimum absolute atomic E-state index is 0.285. The van der Waals surface area contributed by atoms with Crippen molar-refractivity contribution in [2.45, 2.75) is 38.9 Å². The molecule has 0 saturated heterocycles. The SMILES string of the molecule is CC(C)(C)OC(=O)NCC[C@@H](O)c1ccc(-c2ccc(Cl)cc2)o1. The van der Waals surface area contributed by atoms with Crippen LogP contribution in [0, 0.1) is 0 Å². The van der Waals surface area contributed by atoms with Crippen molar-refractivity contribution in [2.75, 3.05) is 6.54 Å². The van der Waals surface area contributed by atoms with Gasteiger partial charge in [-0.05, 0) is 63.6 Å². The first-order chi connectivity index (χ1) is 11.2. The summed E-state index contributed by atoms with van der Waals surface area (Å²) in [5.41, 5.74) is 0.335. The van der Waals surface area contributed by atoms with Crippen LogP contribution in [0.15, 0.2) is 40.8 Å². The Labute approximate surface area is 146 Å². The number of benzene rings is 1. The molecular weight excluding hydrogens is 330 g/mol. The maximum absolute atomic E-state index is 11.5. The molecule has 130 valence electrons. The zero-order valence-corrected chi connectivity index (χ0v) is 14.8. The quantitative estimate of drug-likeness (QED) is 0.829. The molecular formula is C18H22ClNO4. The largest absolute Gasteiger partial charge is 0.458 e. The van der Waals surface area contributed by atoms with Gasteiger partial charge in [-0.25, -0.2) is 4.79 Å². The van der Waals surface area contributed by atoms with Gasteiger partial charge in [-0.1, -0.05) is 11.6 Å². The molecule has 2 rings (SSSR count). The number of hydrogen-bond donors (Lipinski definition) is 2. The van der Waals surface area contributed by atoms with Crippen molar-refractivity contribution in [1.29, 1.82) is 0 Å². The van der Waals surface area contributed by atoms with E-state index in [0.29, 0.717) is 23.0 Å². The second kappa shape index (κ2) is 7.73. The molecule has 24 heavy (non-hydrogen) atoms. The number of amides is 1. The van der Waals surface area contributed by atoms with Gasteiger partial charge in [0, 0.05) is 17.1 Å². The third kappa shape index (κ3) is 5.58. The van der Waals surface area contributed by atoms with Gasteiger partial charge in [-0.2, -0.15) is 0 Å². The molecule has 1 atom stereocenters. The van der Waals surface area contributed by atoms with Gasteiger partial charge in [0.2, 0.25) is 0 Å². The van der Waals surface area contributed by atoms with E-state index in [2.05, 4.69) is 5.32 Å². The predicted molar refractivity (Wildman–Crippen MR) is 93.0 cm³/mol. The number of aliphatic hydroxyl groups excluding tert-OH is 1. The normalized spacial score (nSPS) is 12.7. The van der Waals surface area contributed by atoms with Gasteiger partial charge in [-0.3, -0.25) is 0 Å². The number of rotatable bonds is 5. The Morgan fingerprint density at radius 3 is 2.54 bits per heavy atom. The van der Waals surface area contributed by atoms with Crippen molar-refractivity contribution in [2.24, 2.45) is 0 Å². The maximum atomic E-state index is 11.5. The third-order valence-electron chi connectivity index (χ3n) is 3.17. The van der Waals surface area contributed by atoms with Crippen LogP contribution in [0.5, 0.6) is 0 Å². The smallest absolute Gasteiger partial charge is 0.407 e. The Morgan fingerprint density at radius 1 is 1.25 bits per heavy atom. The minimum Gasteiger partial charge on any atom is -0.458 e. The van der Waals surface area contributed by atoms with Crippen molar-refractivity contribution in [1.82, 2.24) is 5.32 Å². The zero-order chi connectivity index (χ0) is 17.7. The molecule has 0 aliphatic carbocycles. The summed E-state index contributed by atoms with van der Waals surface area (Å²) >= 11 is 5.86. The van der Waals surface area contributed by atoms with Gasteiger partial charge in [0.05, 0.1) is 0 Å². The van der Waals surface area contributed by atoms with E-state index in [1.165, 1.54) is 0 Å². The summed E-state index contributed by atoms with van der Waals surface area (Å²) < 4.78 is 10.8. The van der Waals surface area contributed by atoms with E-state index >= 15 is 0 Å². The number of alkyl carbamates (subject to hydrolysis) is 1. The predicted octanol–water partition coefficient (Wildman–Crippen LogP) is 4.55. The zero-order valence-electron chi connectivity index (χ0n) is 14.0. The molecule has 0 spiro atoms. The summed E-state index contributed by atoms with van der Waals surface area (Å²) in [5, 5.41) is 13.4. The Balaban J connectivity index is 1.86. The van der Waals surface area contributed by atoms with Crippen LogP contribution in [-0.4, -0.2) is 23.3 Å². The Hall–Kier alpha value is -1.98. The number of carbonyl (C=O) groups is 1. The van der Waals surface area contributed by atoms with Crippen LogP contribution >= 0.6 is 11.6 Å². The van der Waals surface area contributed by atoms with Crippen LogP contribution in [0.2, 0.25) is 5.02 Å². The molecule has 0 fully saturated rings. The molecule has 1 aromatic carbocycles. The number of halogens is 1. The lowest BCUT2D eigenvalue weighted by Gasteiger charge is -2.19. The summed E-state index contributed by atoms with van der Waals surface area (Å²) in [6.45, 7) is 5.67. The number of hydrogen-bond acceptors (Lipinski definition) is 4. The molecule has 2 aromatic rings. The maximum Gasteiger partial charge on any atom is 0.407 e. The fraction of sp³-hybridized carbons (Fsp3) is 0.389. The van der Waals surface area contributed by atoms with Gasteiger partial charge in [0.1, 0.15) is 23.2 Å². The fourth-order valence-electron chi connectivity index (χ4n) is 2.07. The Bertz CT molecular complexity index is 673. The summed E-state index contributed by atoms with van der Waals surface area (Å²) in [6.07, 6.45) is -0.982. The lowest BCUT2D eigenvalue weighted by atomic mass is 10.2. The average molecular weight is 352 g/mol. The molecule has 0 aliphatic rings. The van der Waals surface area contributed by atoms with Crippen LogP contribution in [0.25, 0.3) is 11.3 Å². The first-order valence-corrected chi connectivity index (χ1v) is 8.13. The molecule has 0 aliphatic heterocycles. The first kappa shape index (κ1) is 18.4. The van der Waals surface area contributed by atoms with E-state index in [-0.39, 0.29) is 6.54 Å². The molecule has 2 N–H and O–H groups in total. The van der Waals surface area contributed by atoms with E-state index in [0.717, 1.165) is 5.56 Å². The van der Waals surface area contributed by atoms with Crippen LogP contribution in [-0.2, 0) is 4.74 Å². The van der Waals surface area contributed by atoms with E-state index < -0.39 is 17.8 Å². The van der Waals surface area contributed by atoms with E-state index in [1.807, 2.05) is 12.1 Å².